The second kappa shape index (κ2) is 10.2. The molecule has 204 valence electrons. The average Bonchev–Trinajstić information content (AvgIpc) is 2.70. The molecular formula is C24H27F6N3O4. The monoisotopic (exact) mass is 535 g/mol. The molecular weight excluding hydrogens is 508 g/mol. The van der Waals surface area contributed by atoms with E-state index in [0.29, 0.717) is 0 Å². The van der Waals surface area contributed by atoms with E-state index in [2.05, 4.69) is 10.3 Å². The highest BCUT2D eigenvalue weighted by molar-refractivity contribution is 5.74. The summed E-state index contributed by atoms with van der Waals surface area (Å²) in [7, 11) is 0. The average molecular weight is 535 g/mol. The Bertz CT molecular complexity index is 1180. The van der Waals surface area contributed by atoms with Crippen LogP contribution in [0.3, 0.4) is 0 Å². The Kier molecular flexibility index (Phi) is 8.23. The van der Waals surface area contributed by atoms with E-state index in [0.717, 1.165) is 45.0 Å². The number of amides is 2. The van der Waals surface area contributed by atoms with E-state index in [9.17, 15) is 32.3 Å². The van der Waals surface area contributed by atoms with Crippen LogP contribution < -0.4 is 10.6 Å². The highest BCUT2D eigenvalue weighted by Gasteiger charge is 2.59. The molecule has 0 bridgehead atoms. The van der Waals surface area contributed by atoms with Crippen molar-refractivity contribution in [3.05, 3.63) is 53.0 Å². The Labute approximate surface area is 209 Å². The summed E-state index contributed by atoms with van der Waals surface area (Å²) in [4.78, 5) is 27.1. The normalized spacial score (nSPS) is 14.1. The zero-order valence-electron chi connectivity index (χ0n) is 20.9. The highest BCUT2D eigenvalue weighted by atomic mass is 19.4. The fourth-order valence-corrected chi connectivity index (χ4v) is 3.50. The van der Waals surface area contributed by atoms with Gasteiger partial charge in [0.2, 0.25) is 11.5 Å². The number of halogens is 6. The summed E-state index contributed by atoms with van der Waals surface area (Å²) in [5.74, 6) is -4.87. The minimum absolute atomic E-state index is 0.246. The summed E-state index contributed by atoms with van der Waals surface area (Å²) in [6, 6.07) is 3.72. The lowest BCUT2D eigenvalue weighted by Gasteiger charge is -2.34. The summed E-state index contributed by atoms with van der Waals surface area (Å²) in [6.45, 7) is 5.94. The van der Waals surface area contributed by atoms with Crippen molar-refractivity contribution in [3.63, 3.8) is 0 Å². The van der Waals surface area contributed by atoms with Crippen LogP contribution in [0.1, 0.15) is 52.8 Å². The van der Waals surface area contributed by atoms with Crippen molar-refractivity contribution in [1.29, 1.82) is 0 Å². The molecule has 0 saturated carbocycles. The number of nitrogens with zero attached hydrogens (tertiary/aromatic N) is 1. The Morgan fingerprint density at radius 1 is 0.973 bits per heavy atom. The number of benzene rings is 1. The molecule has 0 fully saturated rings. The van der Waals surface area contributed by atoms with Crippen molar-refractivity contribution in [2.45, 2.75) is 64.5 Å². The molecule has 1 aromatic carbocycles. The van der Waals surface area contributed by atoms with Gasteiger partial charge >= 0.3 is 12.3 Å². The van der Waals surface area contributed by atoms with E-state index < -0.39 is 75.9 Å². The van der Waals surface area contributed by atoms with Gasteiger partial charge in [-0.05, 0) is 58.9 Å². The molecule has 1 heterocycles. The smallest absolute Gasteiger partial charge is 0.424 e. The SMILES string of the molecule is CC(=O)NC(C)(C)c1c(F)c(-c2ccc(F)cc2)nc(C(O)(CNC(=O)OC(C)(C)C)C(F)(F)F)c1F. The lowest BCUT2D eigenvalue weighted by Crippen LogP contribution is -2.53. The van der Waals surface area contributed by atoms with Crippen molar-refractivity contribution in [1.82, 2.24) is 15.6 Å². The third kappa shape index (κ3) is 6.70. The summed E-state index contributed by atoms with van der Waals surface area (Å²) >= 11 is 0. The minimum atomic E-state index is -5.64. The first-order valence-corrected chi connectivity index (χ1v) is 10.9. The van der Waals surface area contributed by atoms with Gasteiger partial charge in [-0.25, -0.2) is 22.9 Å². The van der Waals surface area contributed by atoms with Crippen LogP contribution in [0.4, 0.5) is 31.1 Å². The molecule has 7 nitrogen and oxygen atoms in total. The Hall–Kier alpha value is -3.35. The second-order valence-electron chi connectivity index (χ2n) is 9.84. The van der Waals surface area contributed by atoms with Gasteiger partial charge in [0.05, 0.1) is 17.6 Å². The zero-order chi connectivity index (χ0) is 28.6. The maximum atomic E-state index is 15.7. The molecule has 1 aromatic heterocycles. The Morgan fingerprint density at radius 3 is 1.97 bits per heavy atom. The van der Waals surface area contributed by atoms with Crippen LogP contribution in [0.25, 0.3) is 11.3 Å². The van der Waals surface area contributed by atoms with Gasteiger partial charge in [-0.3, -0.25) is 4.79 Å². The van der Waals surface area contributed by atoms with Crippen molar-refractivity contribution >= 4 is 12.0 Å². The van der Waals surface area contributed by atoms with Crippen LogP contribution >= 0.6 is 0 Å². The third-order valence-corrected chi connectivity index (χ3v) is 5.06. The molecule has 0 spiro atoms. The molecule has 3 N–H and O–H groups in total. The summed E-state index contributed by atoms with van der Waals surface area (Å²) in [5.41, 5.74) is -11.0. The summed E-state index contributed by atoms with van der Waals surface area (Å²) in [6.07, 6.45) is -6.99. The van der Waals surface area contributed by atoms with Crippen LogP contribution in [0, 0.1) is 17.5 Å². The van der Waals surface area contributed by atoms with Gasteiger partial charge in [0.25, 0.3) is 0 Å². The number of hydrogen-bond acceptors (Lipinski definition) is 5. The number of hydrogen-bond donors (Lipinski definition) is 3. The zero-order valence-corrected chi connectivity index (χ0v) is 20.9. The predicted molar refractivity (Wildman–Crippen MR) is 121 cm³/mol. The van der Waals surface area contributed by atoms with Gasteiger partial charge < -0.3 is 20.5 Å². The molecule has 13 heteroatoms. The predicted octanol–water partition coefficient (Wildman–Crippen LogP) is 4.81. The van der Waals surface area contributed by atoms with Crippen molar-refractivity contribution < 1.29 is 45.8 Å². The molecule has 0 saturated heterocycles. The molecule has 1 atom stereocenters. The summed E-state index contributed by atoms with van der Waals surface area (Å²) in [5, 5.41) is 14.7. The minimum Gasteiger partial charge on any atom is -0.444 e. The van der Waals surface area contributed by atoms with Crippen LogP contribution in [0.15, 0.2) is 24.3 Å². The van der Waals surface area contributed by atoms with Gasteiger partial charge in [-0.1, -0.05) is 0 Å². The highest BCUT2D eigenvalue weighted by Crippen LogP contribution is 2.43. The maximum absolute atomic E-state index is 15.7. The standard InChI is InChI=1S/C24H27F6N3O4/c1-12(34)33-22(5,6)15-16(26)18(13-7-9-14(25)10-8-13)32-19(17(15)27)23(36,24(28,29)30)11-31-20(35)37-21(2,3)4/h7-10,36H,11H2,1-6H3,(H,31,35)(H,33,34). The number of carbonyl (C=O) groups is 2. The van der Waals surface area contributed by atoms with Crippen molar-refractivity contribution in [2.75, 3.05) is 6.54 Å². The van der Waals surface area contributed by atoms with Crippen LogP contribution in [-0.2, 0) is 20.7 Å². The van der Waals surface area contributed by atoms with Gasteiger partial charge in [0.15, 0.2) is 11.6 Å². The number of aromatic nitrogens is 1. The van der Waals surface area contributed by atoms with Crippen molar-refractivity contribution in [2.24, 2.45) is 0 Å². The maximum Gasteiger partial charge on any atom is 0.424 e. The van der Waals surface area contributed by atoms with Crippen molar-refractivity contribution in [3.8, 4) is 11.3 Å². The number of rotatable bonds is 6. The Balaban J connectivity index is 2.84. The van der Waals surface area contributed by atoms with E-state index in [4.69, 9.17) is 4.74 Å². The molecule has 2 aromatic rings. The number of alkyl carbamates (subject to hydrolysis) is 1. The van der Waals surface area contributed by atoms with Crippen LogP contribution in [0.5, 0.6) is 0 Å². The quantitative estimate of drug-likeness (QED) is 0.461. The first-order valence-electron chi connectivity index (χ1n) is 10.9. The molecule has 0 radical (unpaired) electrons. The van der Waals surface area contributed by atoms with Gasteiger partial charge in [-0.15, -0.1) is 0 Å². The first kappa shape index (κ1) is 29.9. The molecule has 1 unspecified atom stereocenters. The number of pyridine rings is 1. The lowest BCUT2D eigenvalue weighted by atomic mass is 9.87. The second-order valence-corrected chi connectivity index (χ2v) is 9.84. The third-order valence-electron chi connectivity index (χ3n) is 5.06. The number of aliphatic hydroxyl groups is 1. The van der Waals surface area contributed by atoms with E-state index in [1.54, 1.807) is 5.32 Å². The van der Waals surface area contributed by atoms with E-state index in [1.165, 1.54) is 20.8 Å². The van der Waals surface area contributed by atoms with Gasteiger partial charge in [0, 0.05) is 12.5 Å². The molecule has 37 heavy (non-hydrogen) atoms. The fourth-order valence-electron chi connectivity index (χ4n) is 3.50. The first-order chi connectivity index (χ1) is 16.7. The van der Waals surface area contributed by atoms with E-state index in [-0.39, 0.29) is 5.56 Å². The molecule has 2 rings (SSSR count). The molecule has 0 aliphatic carbocycles. The largest absolute Gasteiger partial charge is 0.444 e. The fraction of sp³-hybridized carbons (Fsp3) is 0.458. The number of carbonyl (C=O) groups excluding carboxylic acids is 2. The number of nitrogens with one attached hydrogen (secondary N) is 2. The molecule has 2 amide bonds. The van der Waals surface area contributed by atoms with E-state index >= 15 is 8.78 Å². The van der Waals surface area contributed by atoms with Crippen LogP contribution in [0.2, 0.25) is 0 Å². The molecule has 0 aliphatic heterocycles. The van der Waals surface area contributed by atoms with Gasteiger partial charge in [0.1, 0.15) is 22.8 Å². The topological polar surface area (TPSA) is 101 Å². The number of alkyl halides is 3. The van der Waals surface area contributed by atoms with E-state index in [1.807, 2.05) is 0 Å². The molecule has 0 aliphatic rings. The van der Waals surface area contributed by atoms with Gasteiger partial charge in [-0.2, -0.15) is 13.2 Å². The Morgan fingerprint density at radius 2 is 1.51 bits per heavy atom. The lowest BCUT2D eigenvalue weighted by molar-refractivity contribution is -0.266. The number of ether oxygens (including phenoxy) is 1. The summed E-state index contributed by atoms with van der Waals surface area (Å²) < 4.78 is 92.3. The van der Waals surface area contributed by atoms with Crippen LogP contribution in [-0.4, -0.2) is 40.4 Å².